The summed E-state index contributed by atoms with van der Waals surface area (Å²) in [6, 6.07) is 7.29. The summed E-state index contributed by atoms with van der Waals surface area (Å²) in [7, 11) is 0. The predicted molar refractivity (Wildman–Crippen MR) is 66.3 cm³/mol. The van der Waals surface area contributed by atoms with E-state index < -0.39 is 0 Å². The number of aryl methyl sites for hydroxylation is 1. The van der Waals surface area contributed by atoms with Crippen molar-refractivity contribution in [2.75, 3.05) is 0 Å². The van der Waals surface area contributed by atoms with E-state index in [-0.39, 0.29) is 5.63 Å². The van der Waals surface area contributed by atoms with Crippen molar-refractivity contribution in [2.24, 2.45) is 0 Å². The highest BCUT2D eigenvalue weighted by atomic mass is 16.4. The van der Waals surface area contributed by atoms with E-state index in [1.165, 1.54) is 0 Å². The molecule has 0 aliphatic heterocycles. The van der Waals surface area contributed by atoms with Gasteiger partial charge in [0.05, 0.1) is 6.26 Å². The fraction of sp³-hybridized carbons (Fsp3) is 0.214. The van der Waals surface area contributed by atoms with Crippen LogP contribution in [0.3, 0.4) is 0 Å². The van der Waals surface area contributed by atoms with Gasteiger partial charge in [-0.3, -0.25) is 0 Å². The van der Waals surface area contributed by atoms with Gasteiger partial charge in [0.2, 0.25) is 0 Å². The normalized spacial score (nSPS) is 11.4. The zero-order valence-electron chi connectivity index (χ0n) is 9.53. The summed E-state index contributed by atoms with van der Waals surface area (Å²) in [6.45, 7) is 2.09. The lowest BCUT2D eigenvalue weighted by molar-refractivity contribution is 0.557. The Morgan fingerprint density at radius 2 is 2.06 bits per heavy atom. The molecule has 3 aromatic rings. The van der Waals surface area contributed by atoms with Crippen molar-refractivity contribution in [2.45, 2.75) is 19.8 Å². The van der Waals surface area contributed by atoms with Crippen LogP contribution >= 0.6 is 0 Å². The Bertz CT molecular complexity index is 734. The van der Waals surface area contributed by atoms with E-state index >= 15 is 0 Å². The van der Waals surface area contributed by atoms with E-state index in [4.69, 9.17) is 8.83 Å². The Morgan fingerprint density at radius 1 is 1.18 bits per heavy atom. The van der Waals surface area contributed by atoms with Gasteiger partial charge in [-0.1, -0.05) is 13.3 Å². The minimum Gasteiger partial charge on any atom is -0.464 e. The molecule has 0 atom stereocenters. The van der Waals surface area contributed by atoms with Crippen LogP contribution < -0.4 is 5.63 Å². The van der Waals surface area contributed by atoms with Crippen LogP contribution in [0.15, 0.2) is 44.2 Å². The summed E-state index contributed by atoms with van der Waals surface area (Å²) in [5, 5.41) is 2.03. The lowest BCUT2D eigenvalue weighted by Gasteiger charge is -2.03. The van der Waals surface area contributed by atoms with Crippen LogP contribution in [0.2, 0.25) is 0 Å². The summed E-state index contributed by atoms with van der Waals surface area (Å²) in [4.78, 5) is 11.5. The summed E-state index contributed by atoms with van der Waals surface area (Å²) < 4.78 is 10.5. The van der Waals surface area contributed by atoms with Gasteiger partial charge in [-0.25, -0.2) is 4.79 Å². The molecule has 0 bridgehead atoms. The van der Waals surface area contributed by atoms with Crippen molar-refractivity contribution >= 4 is 21.9 Å². The van der Waals surface area contributed by atoms with Crippen LogP contribution in [0.1, 0.15) is 18.9 Å². The van der Waals surface area contributed by atoms with Crippen LogP contribution in [0, 0.1) is 0 Å². The lowest BCUT2D eigenvalue weighted by atomic mass is 10.0. The van der Waals surface area contributed by atoms with Gasteiger partial charge in [0.1, 0.15) is 11.2 Å². The first kappa shape index (κ1) is 10.1. The molecule has 3 nitrogen and oxygen atoms in total. The Kier molecular flexibility index (Phi) is 2.25. The number of benzene rings is 1. The van der Waals surface area contributed by atoms with Crippen LogP contribution in [0.25, 0.3) is 21.9 Å². The maximum Gasteiger partial charge on any atom is 0.336 e. The highest BCUT2D eigenvalue weighted by Crippen LogP contribution is 2.25. The standard InChI is InChI=1S/C14H12O3/c1-2-3-9-7-14(15)17-13-8-12-10(4-5-16-12)6-11(9)13/h4-8H,2-3H2,1H3. The van der Waals surface area contributed by atoms with Gasteiger partial charge in [-0.05, 0) is 24.1 Å². The molecule has 3 rings (SSSR count). The van der Waals surface area contributed by atoms with Crippen molar-refractivity contribution in [3.63, 3.8) is 0 Å². The molecule has 2 aromatic heterocycles. The Hall–Kier alpha value is -2.03. The van der Waals surface area contributed by atoms with Crippen molar-refractivity contribution < 1.29 is 8.83 Å². The highest BCUT2D eigenvalue weighted by Gasteiger charge is 2.08. The van der Waals surface area contributed by atoms with Crippen molar-refractivity contribution in [3.05, 3.63) is 46.5 Å². The molecule has 2 heterocycles. The third-order valence-corrected chi connectivity index (χ3v) is 2.92. The van der Waals surface area contributed by atoms with Crippen LogP contribution in [-0.2, 0) is 6.42 Å². The molecule has 0 saturated heterocycles. The zero-order chi connectivity index (χ0) is 11.8. The minimum atomic E-state index is -0.299. The Balaban J connectivity index is 2.42. The summed E-state index contributed by atoms with van der Waals surface area (Å²) >= 11 is 0. The maximum atomic E-state index is 11.5. The average molecular weight is 228 g/mol. The Morgan fingerprint density at radius 3 is 2.88 bits per heavy atom. The van der Waals surface area contributed by atoms with Crippen molar-refractivity contribution in [1.29, 1.82) is 0 Å². The molecule has 0 aliphatic carbocycles. The summed E-state index contributed by atoms with van der Waals surface area (Å²) in [6.07, 6.45) is 3.52. The second-order valence-corrected chi connectivity index (χ2v) is 4.15. The molecule has 17 heavy (non-hydrogen) atoms. The SMILES string of the molecule is CCCc1cc(=O)oc2cc3occc3cc12. The average Bonchev–Trinajstić information content (AvgIpc) is 2.73. The summed E-state index contributed by atoms with van der Waals surface area (Å²) in [5.74, 6) is 0. The fourth-order valence-electron chi connectivity index (χ4n) is 2.16. The summed E-state index contributed by atoms with van der Waals surface area (Å²) in [5.41, 5.74) is 2.09. The molecule has 86 valence electrons. The number of rotatable bonds is 2. The van der Waals surface area contributed by atoms with Gasteiger partial charge >= 0.3 is 5.63 Å². The molecule has 0 aliphatic rings. The smallest absolute Gasteiger partial charge is 0.336 e. The molecule has 1 aromatic carbocycles. The largest absolute Gasteiger partial charge is 0.464 e. The number of fused-ring (bicyclic) bond motifs is 2. The molecular formula is C14H12O3. The number of hydrogen-bond donors (Lipinski definition) is 0. The third kappa shape index (κ3) is 1.64. The fourth-order valence-corrected chi connectivity index (χ4v) is 2.16. The molecule has 0 unspecified atom stereocenters. The first-order chi connectivity index (χ1) is 8.28. The van der Waals surface area contributed by atoms with Crippen LogP contribution in [0.4, 0.5) is 0 Å². The van der Waals surface area contributed by atoms with E-state index in [0.29, 0.717) is 5.58 Å². The Labute approximate surface area is 97.7 Å². The van der Waals surface area contributed by atoms with Crippen molar-refractivity contribution in [3.8, 4) is 0 Å². The molecule has 3 heteroatoms. The van der Waals surface area contributed by atoms with E-state index in [0.717, 1.165) is 34.8 Å². The van der Waals surface area contributed by atoms with E-state index in [9.17, 15) is 4.79 Å². The van der Waals surface area contributed by atoms with Gasteiger partial charge in [0.25, 0.3) is 0 Å². The van der Waals surface area contributed by atoms with Gasteiger partial charge < -0.3 is 8.83 Å². The molecule has 0 spiro atoms. The molecule has 0 fully saturated rings. The highest BCUT2D eigenvalue weighted by molar-refractivity contribution is 5.94. The second-order valence-electron chi connectivity index (χ2n) is 4.15. The molecule has 0 saturated carbocycles. The van der Waals surface area contributed by atoms with Gasteiger partial charge in [0, 0.05) is 22.9 Å². The minimum absolute atomic E-state index is 0.299. The molecular weight excluding hydrogens is 216 g/mol. The second kappa shape index (κ2) is 3.77. The van der Waals surface area contributed by atoms with E-state index in [1.54, 1.807) is 18.4 Å². The number of furan rings is 1. The van der Waals surface area contributed by atoms with Gasteiger partial charge in [0.15, 0.2) is 0 Å². The maximum absolute atomic E-state index is 11.5. The monoisotopic (exact) mass is 228 g/mol. The van der Waals surface area contributed by atoms with Gasteiger partial charge in [-0.2, -0.15) is 0 Å². The quantitative estimate of drug-likeness (QED) is 0.630. The molecule has 0 N–H and O–H groups in total. The van der Waals surface area contributed by atoms with Crippen molar-refractivity contribution in [1.82, 2.24) is 0 Å². The zero-order valence-corrected chi connectivity index (χ0v) is 9.53. The first-order valence-electron chi connectivity index (χ1n) is 5.72. The topological polar surface area (TPSA) is 43.4 Å². The van der Waals surface area contributed by atoms with Crippen LogP contribution in [0.5, 0.6) is 0 Å². The first-order valence-corrected chi connectivity index (χ1v) is 5.72. The number of hydrogen-bond acceptors (Lipinski definition) is 3. The van der Waals surface area contributed by atoms with E-state index in [1.807, 2.05) is 12.1 Å². The third-order valence-electron chi connectivity index (χ3n) is 2.92. The molecule has 0 radical (unpaired) electrons. The predicted octanol–water partition coefficient (Wildman–Crippen LogP) is 3.49. The molecule has 0 amide bonds. The lowest BCUT2D eigenvalue weighted by Crippen LogP contribution is -2.00. The van der Waals surface area contributed by atoms with Crippen LogP contribution in [-0.4, -0.2) is 0 Å². The van der Waals surface area contributed by atoms with E-state index in [2.05, 4.69) is 6.92 Å². The van der Waals surface area contributed by atoms with Gasteiger partial charge in [-0.15, -0.1) is 0 Å².